The van der Waals surface area contributed by atoms with Crippen molar-refractivity contribution in [3.8, 4) is 11.4 Å². The van der Waals surface area contributed by atoms with E-state index in [0.717, 1.165) is 44.1 Å². The molecule has 1 saturated heterocycles. The van der Waals surface area contributed by atoms with Gasteiger partial charge in [0.05, 0.1) is 10.8 Å². The van der Waals surface area contributed by atoms with Crippen molar-refractivity contribution in [3.05, 3.63) is 35.1 Å². The maximum absolute atomic E-state index is 11.9. The zero-order valence-corrected chi connectivity index (χ0v) is 20.8. The molecular weight excluding hydrogens is 471 g/mol. The molecule has 0 bridgehead atoms. The summed E-state index contributed by atoms with van der Waals surface area (Å²) in [5.74, 6) is 2.03. The Morgan fingerprint density at radius 2 is 1.75 bits per heavy atom. The number of hydrogen-bond acceptors (Lipinski definition) is 7. The number of imidazole rings is 1. The zero-order valence-electron chi connectivity index (χ0n) is 18.5. The first kappa shape index (κ1) is 24.7. The maximum atomic E-state index is 11.9. The van der Waals surface area contributed by atoms with Gasteiger partial charge in [-0.1, -0.05) is 30.7 Å². The summed E-state index contributed by atoms with van der Waals surface area (Å²) in [6.07, 6.45) is 1.24. The predicted octanol–water partition coefficient (Wildman–Crippen LogP) is 3.06. The standard InChI is InChI=1S/C21H27ClN6O2S.ClH/c1-4-26-9-11-27(12-10-26)20-18-21(24-15(2)23-20)28(13-14-31(3,29)30)19(25-18)16-7-5-6-8-17(16)22;/h5-8H,4,9-14H2,1-3H3;1H. The lowest BCUT2D eigenvalue weighted by Crippen LogP contribution is -2.46. The van der Waals surface area contributed by atoms with Crippen LogP contribution in [-0.4, -0.2) is 77.6 Å². The largest absolute Gasteiger partial charge is 0.352 e. The van der Waals surface area contributed by atoms with Crippen molar-refractivity contribution < 1.29 is 8.42 Å². The van der Waals surface area contributed by atoms with Crippen LogP contribution in [0.3, 0.4) is 0 Å². The Hall–Kier alpha value is -1.94. The molecular formula is C21H28Cl2N6O2S. The van der Waals surface area contributed by atoms with E-state index in [1.807, 2.05) is 29.7 Å². The second-order valence-electron chi connectivity index (χ2n) is 7.88. The lowest BCUT2D eigenvalue weighted by Gasteiger charge is -2.34. The summed E-state index contributed by atoms with van der Waals surface area (Å²) in [5.41, 5.74) is 2.06. The first-order valence-corrected chi connectivity index (χ1v) is 12.9. The molecule has 0 amide bonds. The molecule has 1 fully saturated rings. The molecule has 1 aliphatic rings. The Bertz CT molecular complexity index is 1210. The van der Waals surface area contributed by atoms with Gasteiger partial charge in [0.1, 0.15) is 21.5 Å². The zero-order chi connectivity index (χ0) is 22.2. The maximum Gasteiger partial charge on any atom is 0.166 e. The van der Waals surface area contributed by atoms with Crippen LogP contribution in [0.4, 0.5) is 5.82 Å². The molecule has 11 heteroatoms. The lowest BCUT2D eigenvalue weighted by atomic mass is 10.2. The highest BCUT2D eigenvalue weighted by Gasteiger charge is 2.25. The van der Waals surface area contributed by atoms with Crippen LogP contribution in [0.5, 0.6) is 0 Å². The molecule has 0 saturated carbocycles. The molecule has 4 rings (SSSR count). The van der Waals surface area contributed by atoms with Gasteiger partial charge in [0.2, 0.25) is 0 Å². The summed E-state index contributed by atoms with van der Waals surface area (Å²) < 4.78 is 25.7. The summed E-state index contributed by atoms with van der Waals surface area (Å²) in [6.45, 7) is 8.95. The number of aromatic nitrogens is 4. The Kier molecular flexibility index (Phi) is 7.65. The smallest absolute Gasteiger partial charge is 0.166 e. The number of nitrogens with zero attached hydrogens (tertiary/aromatic N) is 6. The molecule has 1 aliphatic heterocycles. The number of piperazine rings is 1. The van der Waals surface area contributed by atoms with Crippen molar-refractivity contribution in [2.45, 2.75) is 20.4 Å². The summed E-state index contributed by atoms with van der Waals surface area (Å²) in [6, 6.07) is 7.45. The van der Waals surface area contributed by atoms with Crippen LogP contribution < -0.4 is 4.90 Å². The Morgan fingerprint density at radius 1 is 1.06 bits per heavy atom. The molecule has 0 N–H and O–H groups in total. The van der Waals surface area contributed by atoms with Gasteiger partial charge in [-0.3, -0.25) is 0 Å². The Balaban J connectivity index is 0.00000289. The lowest BCUT2D eigenvalue weighted by molar-refractivity contribution is 0.270. The van der Waals surface area contributed by atoms with Crippen molar-refractivity contribution >= 4 is 50.8 Å². The van der Waals surface area contributed by atoms with E-state index in [4.69, 9.17) is 21.6 Å². The topological polar surface area (TPSA) is 84.2 Å². The minimum absolute atomic E-state index is 0. The number of benzene rings is 1. The van der Waals surface area contributed by atoms with Gasteiger partial charge in [-0.15, -0.1) is 12.4 Å². The van der Waals surface area contributed by atoms with Crippen LogP contribution in [0.1, 0.15) is 12.7 Å². The fourth-order valence-electron chi connectivity index (χ4n) is 3.91. The van der Waals surface area contributed by atoms with E-state index < -0.39 is 9.84 Å². The second kappa shape index (κ2) is 9.91. The molecule has 32 heavy (non-hydrogen) atoms. The third-order valence-corrected chi connectivity index (χ3v) is 6.86. The molecule has 8 nitrogen and oxygen atoms in total. The van der Waals surface area contributed by atoms with Crippen LogP contribution in [0.2, 0.25) is 5.02 Å². The highest BCUT2D eigenvalue weighted by atomic mass is 35.5. The minimum Gasteiger partial charge on any atom is -0.352 e. The first-order chi connectivity index (χ1) is 14.8. The average Bonchev–Trinajstić information content (AvgIpc) is 3.09. The van der Waals surface area contributed by atoms with E-state index in [1.54, 1.807) is 6.07 Å². The summed E-state index contributed by atoms with van der Waals surface area (Å²) in [5, 5.41) is 0.557. The van der Waals surface area contributed by atoms with Crippen LogP contribution in [0.15, 0.2) is 24.3 Å². The van der Waals surface area contributed by atoms with Crippen LogP contribution >= 0.6 is 24.0 Å². The molecule has 0 unspecified atom stereocenters. The molecule has 0 atom stereocenters. The van der Waals surface area contributed by atoms with Gasteiger partial charge < -0.3 is 14.4 Å². The number of fused-ring (bicyclic) bond motifs is 1. The van der Waals surface area contributed by atoms with E-state index >= 15 is 0 Å². The van der Waals surface area contributed by atoms with Crippen molar-refractivity contribution in [1.82, 2.24) is 24.4 Å². The third-order valence-electron chi connectivity index (χ3n) is 5.61. The molecule has 0 radical (unpaired) electrons. The van der Waals surface area contributed by atoms with Gasteiger partial charge in [0.25, 0.3) is 0 Å². The normalized spacial score (nSPS) is 15.2. The Labute approximate surface area is 199 Å². The number of anilines is 1. The molecule has 1 aromatic carbocycles. The number of rotatable bonds is 6. The van der Waals surface area contributed by atoms with Gasteiger partial charge >= 0.3 is 0 Å². The third kappa shape index (κ3) is 5.17. The van der Waals surface area contributed by atoms with E-state index in [0.29, 0.717) is 27.8 Å². The van der Waals surface area contributed by atoms with Gasteiger partial charge in [-0.25, -0.2) is 23.4 Å². The monoisotopic (exact) mass is 498 g/mol. The van der Waals surface area contributed by atoms with Crippen molar-refractivity contribution in [2.24, 2.45) is 0 Å². The number of likely N-dealkylation sites (N-methyl/N-ethyl adjacent to an activating group) is 1. The van der Waals surface area contributed by atoms with Crippen LogP contribution in [-0.2, 0) is 16.4 Å². The van der Waals surface area contributed by atoms with Gasteiger partial charge in [0.15, 0.2) is 17.0 Å². The first-order valence-electron chi connectivity index (χ1n) is 10.4. The fraction of sp³-hybridized carbons (Fsp3) is 0.476. The number of halogens is 2. The van der Waals surface area contributed by atoms with Gasteiger partial charge in [-0.2, -0.15) is 0 Å². The van der Waals surface area contributed by atoms with Crippen LogP contribution in [0.25, 0.3) is 22.6 Å². The highest BCUT2D eigenvalue weighted by molar-refractivity contribution is 7.90. The molecule has 3 aromatic rings. The Morgan fingerprint density at radius 3 is 2.38 bits per heavy atom. The summed E-state index contributed by atoms with van der Waals surface area (Å²) >= 11 is 6.48. The minimum atomic E-state index is -3.17. The summed E-state index contributed by atoms with van der Waals surface area (Å²) in [4.78, 5) is 18.9. The highest BCUT2D eigenvalue weighted by Crippen LogP contribution is 2.33. The molecule has 2 aromatic heterocycles. The molecule has 3 heterocycles. The average molecular weight is 499 g/mol. The van der Waals surface area contributed by atoms with Crippen molar-refractivity contribution in [1.29, 1.82) is 0 Å². The summed E-state index contributed by atoms with van der Waals surface area (Å²) in [7, 11) is -3.17. The number of sulfone groups is 1. The SMILES string of the molecule is CCN1CCN(c2nc(C)nc3c2nc(-c2ccccc2Cl)n3CCS(C)(=O)=O)CC1.Cl. The van der Waals surface area contributed by atoms with Gasteiger partial charge in [0, 0.05) is 44.5 Å². The van der Waals surface area contributed by atoms with Crippen molar-refractivity contribution in [3.63, 3.8) is 0 Å². The van der Waals surface area contributed by atoms with Gasteiger partial charge in [-0.05, 0) is 25.6 Å². The molecule has 174 valence electrons. The van der Waals surface area contributed by atoms with Crippen LogP contribution in [0, 0.1) is 6.92 Å². The second-order valence-corrected chi connectivity index (χ2v) is 10.6. The number of hydrogen-bond donors (Lipinski definition) is 0. The van der Waals surface area contributed by atoms with E-state index in [9.17, 15) is 8.42 Å². The van der Waals surface area contributed by atoms with Crippen molar-refractivity contribution in [2.75, 3.05) is 49.6 Å². The molecule has 0 aliphatic carbocycles. The fourth-order valence-corrected chi connectivity index (χ4v) is 4.64. The number of aryl methyl sites for hydroxylation is 2. The van der Waals surface area contributed by atoms with E-state index in [2.05, 4.69) is 21.7 Å². The van der Waals surface area contributed by atoms with E-state index in [1.165, 1.54) is 6.26 Å². The predicted molar refractivity (Wildman–Crippen MR) is 132 cm³/mol. The van der Waals surface area contributed by atoms with E-state index in [-0.39, 0.29) is 24.7 Å². The molecule has 0 spiro atoms. The quantitative estimate of drug-likeness (QED) is 0.516.